The Bertz CT molecular complexity index is 181. The van der Waals surface area contributed by atoms with E-state index in [1.807, 2.05) is 0 Å². The third-order valence-corrected chi connectivity index (χ3v) is 4.16. The quantitative estimate of drug-likeness (QED) is 0.776. The van der Waals surface area contributed by atoms with Crippen molar-refractivity contribution in [2.75, 3.05) is 13.1 Å². The summed E-state index contributed by atoms with van der Waals surface area (Å²) in [5.74, 6) is 1.62. The van der Waals surface area contributed by atoms with Crippen molar-refractivity contribution in [3.05, 3.63) is 0 Å². The molecule has 2 N–H and O–H groups in total. The van der Waals surface area contributed by atoms with E-state index in [2.05, 4.69) is 32.6 Å². The maximum absolute atomic E-state index is 5.94. The predicted octanol–water partition coefficient (Wildman–Crippen LogP) is 2.48. The van der Waals surface area contributed by atoms with Crippen LogP contribution < -0.4 is 5.73 Å². The van der Waals surface area contributed by atoms with Gasteiger partial charge in [0.2, 0.25) is 0 Å². The van der Waals surface area contributed by atoms with E-state index in [-0.39, 0.29) is 0 Å². The minimum absolute atomic E-state index is 0.595. The van der Waals surface area contributed by atoms with E-state index in [1.165, 1.54) is 25.8 Å². The summed E-state index contributed by atoms with van der Waals surface area (Å²) in [4.78, 5) is 2.65. The van der Waals surface area contributed by atoms with Gasteiger partial charge in [-0.25, -0.2) is 0 Å². The van der Waals surface area contributed by atoms with Gasteiger partial charge in [0.25, 0.3) is 0 Å². The SMILES string of the molecule is CCC(C)C(CN)N1CCC(C)CC1C. The standard InChI is InChI=1S/C13H28N2/c1-5-11(3)13(9-14)15-7-6-10(2)8-12(15)4/h10-13H,5-9,14H2,1-4H3. The van der Waals surface area contributed by atoms with Gasteiger partial charge in [0, 0.05) is 18.6 Å². The van der Waals surface area contributed by atoms with Crippen LogP contribution >= 0.6 is 0 Å². The molecule has 0 spiro atoms. The predicted molar refractivity (Wildman–Crippen MR) is 66.9 cm³/mol. The molecule has 4 atom stereocenters. The molecule has 0 aliphatic carbocycles. The molecule has 1 heterocycles. The molecule has 1 aliphatic heterocycles. The number of nitrogens with two attached hydrogens (primary N) is 1. The Kier molecular flexibility index (Phi) is 5.07. The van der Waals surface area contributed by atoms with Crippen molar-refractivity contribution < 1.29 is 0 Å². The molecule has 1 aliphatic rings. The second-order valence-electron chi connectivity index (χ2n) is 5.40. The topological polar surface area (TPSA) is 29.3 Å². The van der Waals surface area contributed by atoms with Gasteiger partial charge in [0.1, 0.15) is 0 Å². The Balaban J connectivity index is 2.59. The van der Waals surface area contributed by atoms with Gasteiger partial charge in [-0.05, 0) is 38.1 Å². The van der Waals surface area contributed by atoms with Crippen LogP contribution in [0, 0.1) is 11.8 Å². The second-order valence-corrected chi connectivity index (χ2v) is 5.40. The first kappa shape index (κ1) is 13.0. The molecule has 0 bridgehead atoms. The highest BCUT2D eigenvalue weighted by atomic mass is 15.2. The maximum atomic E-state index is 5.94. The lowest BCUT2D eigenvalue weighted by atomic mass is 9.88. The van der Waals surface area contributed by atoms with Gasteiger partial charge in [-0.3, -0.25) is 4.90 Å². The van der Waals surface area contributed by atoms with Crippen LogP contribution in [0.4, 0.5) is 0 Å². The molecule has 1 fully saturated rings. The molecular formula is C13H28N2. The average molecular weight is 212 g/mol. The first-order valence-electron chi connectivity index (χ1n) is 6.55. The van der Waals surface area contributed by atoms with Crippen LogP contribution in [-0.2, 0) is 0 Å². The molecule has 4 unspecified atom stereocenters. The maximum Gasteiger partial charge on any atom is 0.0246 e. The van der Waals surface area contributed by atoms with E-state index >= 15 is 0 Å². The number of hydrogen-bond donors (Lipinski definition) is 1. The smallest absolute Gasteiger partial charge is 0.0246 e. The Labute approximate surface area is 95.2 Å². The van der Waals surface area contributed by atoms with Crippen LogP contribution in [0.1, 0.15) is 47.0 Å². The highest BCUT2D eigenvalue weighted by Crippen LogP contribution is 2.26. The van der Waals surface area contributed by atoms with Crippen LogP contribution in [0.3, 0.4) is 0 Å². The van der Waals surface area contributed by atoms with E-state index in [0.29, 0.717) is 6.04 Å². The van der Waals surface area contributed by atoms with E-state index in [0.717, 1.165) is 24.4 Å². The molecule has 0 radical (unpaired) electrons. The van der Waals surface area contributed by atoms with E-state index in [9.17, 15) is 0 Å². The summed E-state index contributed by atoms with van der Waals surface area (Å²) < 4.78 is 0. The van der Waals surface area contributed by atoms with Crippen LogP contribution in [0.2, 0.25) is 0 Å². The minimum Gasteiger partial charge on any atom is -0.329 e. The van der Waals surface area contributed by atoms with Gasteiger partial charge in [-0.2, -0.15) is 0 Å². The molecule has 0 aromatic heterocycles. The molecule has 0 saturated carbocycles. The molecule has 0 aromatic carbocycles. The van der Waals surface area contributed by atoms with Gasteiger partial charge < -0.3 is 5.73 Å². The van der Waals surface area contributed by atoms with Gasteiger partial charge in [0.15, 0.2) is 0 Å². The zero-order valence-electron chi connectivity index (χ0n) is 10.9. The van der Waals surface area contributed by atoms with Gasteiger partial charge >= 0.3 is 0 Å². The van der Waals surface area contributed by atoms with Crippen LogP contribution in [0.25, 0.3) is 0 Å². The van der Waals surface area contributed by atoms with Crippen molar-refractivity contribution in [2.24, 2.45) is 17.6 Å². The molecule has 90 valence electrons. The molecule has 2 heteroatoms. The molecule has 0 amide bonds. The van der Waals surface area contributed by atoms with Crippen LogP contribution in [-0.4, -0.2) is 30.1 Å². The number of likely N-dealkylation sites (tertiary alicyclic amines) is 1. The van der Waals surface area contributed by atoms with Crippen molar-refractivity contribution in [1.82, 2.24) is 4.90 Å². The fourth-order valence-corrected chi connectivity index (χ4v) is 2.88. The molecule has 1 rings (SSSR count). The summed E-state index contributed by atoms with van der Waals surface area (Å²) in [6, 6.07) is 1.31. The van der Waals surface area contributed by atoms with E-state index < -0.39 is 0 Å². The summed E-state index contributed by atoms with van der Waals surface area (Å²) in [6.07, 6.45) is 3.92. The Morgan fingerprint density at radius 2 is 2.07 bits per heavy atom. The fourth-order valence-electron chi connectivity index (χ4n) is 2.88. The van der Waals surface area contributed by atoms with Gasteiger partial charge in [-0.1, -0.05) is 27.2 Å². The molecule has 1 saturated heterocycles. The minimum atomic E-state index is 0.595. The van der Waals surface area contributed by atoms with Crippen molar-refractivity contribution in [3.63, 3.8) is 0 Å². The normalized spacial score (nSPS) is 32.6. The zero-order valence-corrected chi connectivity index (χ0v) is 10.9. The number of hydrogen-bond acceptors (Lipinski definition) is 2. The van der Waals surface area contributed by atoms with Crippen molar-refractivity contribution >= 4 is 0 Å². The molecule has 2 nitrogen and oxygen atoms in total. The number of rotatable bonds is 4. The molecule has 15 heavy (non-hydrogen) atoms. The Hall–Kier alpha value is -0.0800. The number of piperidine rings is 1. The highest BCUT2D eigenvalue weighted by molar-refractivity contribution is 4.85. The van der Waals surface area contributed by atoms with E-state index in [1.54, 1.807) is 0 Å². The third kappa shape index (κ3) is 3.18. The van der Waals surface area contributed by atoms with E-state index in [4.69, 9.17) is 5.73 Å². The highest BCUT2D eigenvalue weighted by Gasteiger charge is 2.30. The fraction of sp³-hybridized carbons (Fsp3) is 1.00. The summed E-state index contributed by atoms with van der Waals surface area (Å²) >= 11 is 0. The molecule has 0 aromatic rings. The van der Waals surface area contributed by atoms with Crippen molar-refractivity contribution in [1.29, 1.82) is 0 Å². The zero-order chi connectivity index (χ0) is 11.4. The first-order chi connectivity index (χ1) is 7.10. The lowest BCUT2D eigenvalue weighted by Gasteiger charge is -2.43. The van der Waals surface area contributed by atoms with Gasteiger partial charge in [0.05, 0.1) is 0 Å². The largest absolute Gasteiger partial charge is 0.329 e. The third-order valence-electron chi connectivity index (χ3n) is 4.16. The van der Waals surface area contributed by atoms with Crippen LogP contribution in [0.5, 0.6) is 0 Å². The summed E-state index contributed by atoms with van der Waals surface area (Å²) in [6.45, 7) is 11.4. The van der Waals surface area contributed by atoms with Crippen molar-refractivity contribution in [2.45, 2.75) is 59.0 Å². The monoisotopic (exact) mass is 212 g/mol. The summed E-state index contributed by atoms with van der Waals surface area (Å²) in [5, 5.41) is 0. The summed E-state index contributed by atoms with van der Waals surface area (Å²) in [5.41, 5.74) is 5.94. The Morgan fingerprint density at radius 1 is 1.40 bits per heavy atom. The van der Waals surface area contributed by atoms with Crippen molar-refractivity contribution in [3.8, 4) is 0 Å². The van der Waals surface area contributed by atoms with Crippen LogP contribution in [0.15, 0.2) is 0 Å². The average Bonchev–Trinajstić information content (AvgIpc) is 2.21. The lowest BCUT2D eigenvalue weighted by Crippen LogP contribution is -2.52. The first-order valence-corrected chi connectivity index (χ1v) is 6.55. The lowest BCUT2D eigenvalue weighted by molar-refractivity contribution is 0.0583. The Morgan fingerprint density at radius 3 is 2.53 bits per heavy atom. The second kappa shape index (κ2) is 5.86. The summed E-state index contributed by atoms with van der Waals surface area (Å²) in [7, 11) is 0. The number of nitrogens with zero attached hydrogens (tertiary/aromatic N) is 1. The molecular weight excluding hydrogens is 184 g/mol. The van der Waals surface area contributed by atoms with Gasteiger partial charge in [-0.15, -0.1) is 0 Å².